The number of thiazole rings is 1. The molecule has 0 spiro atoms. The van der Waals surface area contributed by atoms with Crippen LogP contribution in [0.5, 0.6) is 0 Å². The fourth-order valence-electron chi connectivity index (χ4n) is 1.33. The molecule has 0 aliphatic heterocycles. The molecule has 0 saturated carbocycles. The number of anilines is 1. The zero-order valence-electron chi connectivity index (χ0n) is 10.2. The molecule has 4 nitrogen and oxygen atoms in total. The Hall–Kier alpha value is -1.22. The molecule has 0 aliphatic rings. The molecule has 2 rings (SSSR count). The van der Waals surface area contributed by atoms with Gasteiger partial charge in [0.25, 0.3) is 0 Å². The maximum Gasteiger partial charge on any atom is 0.445 e. The Morgan fingerprint density at radius 3 is 2.58 bits per heavy atom. The molecule has 2 heterocycles. The third-order valence-electron chi connectivity index (χ3n) is 2.30. The van der Waals surface area contributed by atoms with Gasteiger partial charge in [-0.2, -0.15) is 13.2 Å². The number of hydrogen-bond acceptors (Lipinski definition) is 6. The molecule has 0 fully saturated rings. The van der Waals surface area contributed by atoms with Gasteiger partial charge in [0.05, 0.1) is 6.04 Å². The summed E-state index contributed by atoms with van der Waals surface area (Å²) < 4.78 is 37.1. The highest BCUT2D eigenvalue weighted by atomic mass is 32.1. The van der Waals surface area contributed by atoms with Gasteiger partial charge in [-0.25, -0.2) is 4.98 Å². The Morgan fingerprint density at radius 2 is 2.05 bits per heavy atom. The van der Waals surface area contributed by atoms with E-state index in [0.29, 0.717) is 11.3 Å². The minimum absolute atomic E-state index is 0.146. The number of alkyl halides is 3. The van der Waals surface area contributed by atoms with Crippen molar-refractivity contribution in [2.45, 2.75) is 32.5 Å². The summed E-state index contributed by atoms with van der Waals surface area (Å²) in [6.07, 6.45) is -1.78. The lowest BCUT2D eigenvalue weighted by molar-refractivity contribution is -0.138. The quantitative estimate of drug-likeness (QED) is 0.934. The van der Waals surface area contributed by atoms with Gasteiger partial charge < -0.3 is 5.32 Å². The third kappa shape index (κ3) is 3.41. The minimum atomic E-state index is -4.45. The van der Waals surface area contributed by atoms with Crippen molar-refractivity contribution in [2.75, 3.05) is 5.32 Å². The molecule has 19 heavy (non-hydrogen) atoms. The molecule has 0 aromatic carbocycles. The van der Waals surface area contributed by atoms with E-state index in [4.69, 9.17) is 0 Å². The zero-order chi connectivity index (χ0) is 14.0. The summed E-state index contributed by atoms with van der Waals surface area (Å²) in [5.41, 5.74) is 0. The molecule has 9 heteroatoms. The Kier molecular flexibility index (Phi) is 4.04. The highest BCUT2D eigenvalue weighted by Gasteiger charge is 2.35. The standard InChI is InChI=1S/C10H11F3N4S2/c1-3-6-4-14-7(18-6)5(2)15-9-17-16-8(19-9)10(11,12)13/h4-5H,3H2,1-2H3,(H,15,17). The van der Waals surface area contributed by atoms with E-state index in [0.717, 1.165) is 16.3 Å². The van der Waals surface area contributed by atoms with Crippen molar-refractivity contribution < 1.29 is 13.2 Å². The molecule has 0 amide bonds. The van der Waals surface area contributed by atoms with Crippen LogP contribution in [0.4, 0.5) is 18.3 Å². The lowest BCUT2D eigenvalue weighted by atomic mass is 10.4. The van der Waals surface area contributed by atoms with Gasteiger partial charge in [-0.3, -0.25) is 0 Å². The van der Waals surface area contributed by atoms with Crippen molar-refractivity contribution in [3.05, 3.63) is 21.1 Å². The molecular formula is C10H11F3N4S2. The van der Waals surface area contributed by atoms with Crippen molar-refractivity contribution in [1.29, 1.82) is 0 Å². The smallest absolute Gasteiger partial charge is 0.351 e. The summed E-state index contributed by atoms with van der Waals surface area (Å²) in [6, 6.07) is -0.195. The lowest BCUT2D eigenvalue weighted by Crippen LogP contribution is -2.05. The van der Waals surface area contributed by atoms with Crippen molar-refractivity contribution in [3.8, 4) is 0 Å². The first-order valence-electron chi connectivity index (χ1n) is 5.52. The van der Waals surface area contributed by atoms with E-state index >= 15 is 0 Å². The first kappa shape index (κ1) is 14.2. The largest absolute Gasteiger partial charge is 0.445 e. The summed E-state index contributed by atoms with van der Waals surface area (Å²) in [5, 5.41) is 9.51. The van der Waals surface area contributed by atoms with E-state index in [2.05, 4.69) is 20.5 Å². The zero-order valence-corrected chi connectivity index (χ0v) is 11.8. The van der Waals surface area contributed by atoms with Crippen LogP contribution in [0.2, 0.25) is 0 Å². The van der Waals surface area contributed by atoms with Gasteiger partial charge in [0.1, 0.15) is 5.01 Å². The number of aromatic nitrogens is 3. The van der Waals surface area contributed by atoms with Gasteiger partial charge in [0.2, 0.25) is 10.1 Å². The SMILES string of the molecule is CCc1cnc(C(C)Nc2nnc(C(F)(F)F)s2)s1. The number of nitrogens with one attached hydrogen (secondary N) is 1. The van der Waals surface area contributed by atoms with Crippen molar-refractivity contribution >= 4 is 27.8 Å². The van der Waals surface area contributed by atoms with Crippen LogP contribution >= 0.6 is 22.7 Å². The second-order valence-corrected chi connectivity index (χ2v) is 5.92. The van der Waals surface area contributed by atoms with Gasteiger partial charge in [0.15, 0.2) is 0 Å². The van der Waals surface area contributed by atoms with Gasteiger partial charge in [-0.05, 0) is 13.3 Å². The molecular weight excluding hydrogens is 297 g/mol. The Morgan fingerprint density at radius 1 is 1.32 bits per heavy atom. The minimum Gasteiger partial charge on any atom is -0.351 e. The Labute approximate surface area is 115 Å². The second kappa shape index (κ2) is 5.41. The molecule has 1 N–H and O–H groups in total. The fraction of sp³-hybridized carbons (Fsp3) is 0.500. The lowest BCUT2D eigenvalue weighted by Gasteiger charge is -2.08. The van der Waals surface area contributed by atoms with Gasteiger partial charge in [0, 0.05) is 11.1 Å². The Bertz CT molecular complexity index is 549. The highest BCUT2D eigenvalue weighted by Crippen LogP contribution is 2.34. The van der Waals surface area contributed by atoms with Crippen LogP contribution in [0, 0.1) is 0 Å². The molecule has 0 radical (unpaired) electrons. The Balaban J connectivity index is 2.06. The van der Waals surface area contributed by atoms with Gasteiger partial charge >= 0.3 is 6.18 Å². The first-order chi connectivity index (χ1) is 8.90. The number of rotatable bonds is 4. The topological polar surface area (TPSA) is 50.7 Å². The van der Waals surface area contributed by atoms with E-state index in [9.17, 15) is 13.2 Å². The maximum atomic E-state index is 12.4. The normalized spacial score (nSPS) is 13.5. The summed E-state index contributed by atoms with van der Waals surface area (Å²) in [7, 11) is 0. The maximum absolute atomic E-state index is 12.4. The molecule has 2 aromatic rings. The summed E-state index contributed by atoms with van der Waals surface area (Å²) in [5.74, 6) is 0. The summed E-state index contributed by atoms with van der Waals surface area (Å²) in [4.78, 5) is 5.36. The molecule has 0 bridgehead atoms. The average molecular weight is 308 g/mol. The van der Waals surface area contributed by atoms with Crippen LogP contribution in [0.15, 0.2) is 6.20 Å². The van der Waals surface area contributed by atoms with E-state index in [1.807, 2.05) is 13.8 Å². The molecule has 1 atom stereocenters. The van der Waals surface area contributed by atoms with Crippen molar-refractivity contribution in [1.82, 2.24) is 15.2 Å². The first-order valence-corrected chi connectivity index (χ1v) is 7.15. The number of aryl methyl sites for hydroxylation is 1. The predicted octanol–water partition coefficient (Wildman–Crippen LogP) is 3.75. The second-order valence-electron chi connectivity index (χ2n) is 3.79. The molecule has 0 saturated heterocycles. The van der Waals surface area contributed by atoms with Crippen LogP contribution in [0.3, 0.4) is 0 Å². The fourth-order valence-corrected chi connectivity index (χ4v) is 2.89. The van der Waals surface area contributed by atoms with Gasteiger partial charge in [-0.15, -0.1) is 21.5 Å². The van der Waals surface area contributed by atoms with E-state index in [1.165, 1.54) is 11.3 Å². The number of halogens is 3. The van der Waals surface area contributed by atoms with Gasteiger partial charge in [-0.1, -0.05) is 18.3 Å². The molecule has 0 aliphatic carbocycles. The average Bonchev–Trinajstić information content (AvgIpc) is 2.95. The summed E-state index contributed by atoms with van der Waals surface area (Å²) >= 11 is 2.03. The van der Waals surface area contributed by atoms with E-state index in [-0.39, 0.29) is 11.2 Å². The van der Waals surface area contributed by atoms with Crippen molar-refractivity contribution in [2.24, 2.45) is 0 Å². The molecule has 2 aromatic heterocycles. The van der Waals surface area contributed by atoms with Crippen LogP contribution in [0.1, 0.15) is 34.8 Å². The summed E-state index contributed by atoms with van der Waals surface area (Å²) in [6.45, 7) is 3.85. The molecule has 104 valence electrons. The number of nitrogens with zero attached hydrogens (tertiary/aromatic N) is 3. The number of hydrogen-bond donors (Lipinski definition) is 1. The predicted molar refractivity (Wildman–Crippen MR) is 68.4 cm³/mol. The van der Waals surface area contributed by atoms with Crippen LogP contribution < -0.4 is 5.32 Å². The monoisotopic (exact) mass is 308 g/mol. The third-order valence-corrected chi connectivity index (χ3v) is 4.52. The molecule has 1 unspecified atom stereocenters. The van der Waals surface area contributed by atoms with E-state index in [1.54, 1.807) is 6.20 Å². The van der Waals surface area contributed by atoms with Crippen LogP contribution in [-0.4, -0.2) is 15.2 Å². The van der Waals surface area contributed by atoms with E-state index < -0.39 is 11.2 Å². The van der Waals surface area contributed by atoms with Crippen LogP contribution in [-0.2, 0) is 12.6 Å². The highest BCUT2D eigenvalue weighted by molar-refractivity contribution is 7.15. The van der Waals surface area contributed by atoms with Crippen molar-refractivity contribution in [3.63, 3.8) is 0 Å². The van der Waals surface area contributed by atoms with Crippen LogP contribution in [0.25, 0.3) is 0 Å².